The number of nitrogens with zero attached hydrogens (tertiary/aromatic N) is 3. The molecular weight excluding hydrogens is 606 g/mol. The van der Waals surface area contributed by atoms with Crippen molar-refractivity contribution in [1.29, 1.82) is 0 Å². The van der Waals surface area contributed by atoms with Gasteiger partial charge in [0.05, 0.1) is 30.9 Å². The van der Waals surface area contributed by atoms with Gasteiger partial charge in [-0.2, -0.15) is 0 Å². The molecule has 3 aromatic carbocycles. The summed E-state index contributed by atoms with van der Waals surface area (Å²) in [5.41, 5.74) is 3.03. The SMILES string of the molecule is CCN1C(=O)/C(=C\c2ccc(OCc3ccc(Br)cc3)c(OC)c2)SC1=Nc1cccc(C(=O)N2CCOCC2)c1. The van der Waals surface area contributed by atoms with E-state index in [4.69, 9.17) is 19.2 Å². The maximum Gasteiger partial charge on any atom is 0.266 e. The molecule has 2 heterocycles. The maximum absolute atomic E-state index is 13.3. The molecule has 0 unspecified atom stereocenters. The van der Waals surface area contributed by atoms with Crippen LogP contribution in [0.1, 0.15) is 28.4 Å². The summed E-state index contributed by atoms with van der Waals surface area (Å²) >= 11 is 4.75. The predicted octanol–water partition coefficient (Wildman–Crippen LogP) is 6.13. The smallest absolute Gasteiger partial charge is 0.266 e. The van der Waals surface area contributed by atoms with E-state index in [1.54, 1.807) is 29.0 Å². The summed E-state index contributed by atoms with van der Waals surface area (Å²) < 4.78 is 17.9. The molecule has 0 aliphatic carbocycles. The molecule has 0 aromatic heterocycles. The number of amidine groups is 1. The summed E-state index contributed by atoms with van der Waals surface area (Å²) in [4.78, 5) is 34.9. The van der Waals surface area contributed by atoms with Crippen LogP contribution in [0.4, 0.5) is 5.69 Å². The molecule has 5 rings (SSSR count). The van der Waals surface area contributed by atoms with Gasteiger partial charge in [0.15, 0.2) is 16.7 Å². The van der Waals surface area contributed by atoms with Crippen molar-refractivity contribution in [2.45, 2.75) is 13.5 Å². The van der Waals surface area contributed by atoms with Crippen molar-refractivity contribution in [3.63, 3.8) is 0 Å². The maximum atomic E-state index is 13.3. The van der Waals surface area contributed by atoms with Gasteiger partial charge in [-0.25, -0.2) is 4.99 Å². The topological polar surface area (TPSA) is 80.7 Å². The van der Waals surface area contributed by atoms with Crippen LogP contribution >= 0.6 is 27.7 Å². The molecule has 2 aliphatic heterocycles. The van der Waals surface area contributed by atoms with Crippen LogP contribution in [0.5, 0.6) is 11.5 Å². The Hall–Kier alpha value is -3.60. The van der Waals surface area contributed by atoms with Crippen molar-refractivity contribution in [2.24, 2.45) is 4.99 Å². The molecule has 2 saturated heterocycles. The Labute approximate surface area is 252 Å². The number of ether oxygens (including phenoxy) is 3. The lowest BCUT2D eigenvalue weighted by Crippen LogP contribution is -2.40. The van der Waals surface area contributed by atoms with Gasteiger partial charge < -0.3 is 19.1 Å². The molecular formula is C31H30BrN3O5S. The number of morpholine rings is 1. The second kappa shape index (κ2) is 13.4. The summed E-state index contributed by atoms with van der Waals surface area (Å²) in [5.74, 6) is 1.03. The van der Waals surface area contributed by atoms with Crippen LogP contribution < -0.4 is 9.47 Å². The number of carbonyl (C=O) groups excluding carboxylic acids is 2. The van der Waals surface area contributed by atoms with E-state index in [9.17, 15) is 9.59 Å². The number of halogens is 1. The molecule has 2 amide bonds. The molecule has 0 saturated carbocycles. The molecule has 2 fully saturated rings. The number of hydrogen-bond donors (Lipinski definition) is 0. The van der Waals surface area contributed by atoms with Gasteiger partial charge in [0, 0.05) is 29.7 Å². The Morgan fingerprint density at radius 3 is 2.59 bits per heavy atom. The van der Waals surface area contributed by atoms with Gasteiger partial charge in [-0.1, -0.05) is 40.2 Å². The van der Waals surface area contributed by atoms with E-state index in [1.165, 1.54) is 11.8 Å². The third-order valence-corrected chi connectivity index (χ3v) is 8.15. The Morgan fingerprint density at radius 1 is 1.07 bits per heavy atom. The second-order valence-electron chi connectivity index (χ2n) is 9.33. The van der Waals surface area contributed by atoms with Crippen molar-refractivity contribution in [3.05, 3.63) is 92.8 Å². The number of methoxy groups -OCH3 is 1. The van der Waals surface area contributed by atoms with Crippen molar-refractivity contribution in [2.75, 3.05) is 40.0 Å². The van der Waals surface area contributed by atoms with Crippen LogP contribution in [0, 0.1) is 0 Å². The van der Waals surface area contributed by atoms with E-state index < -0.39 is 0 Å². The normalized spacial score (nSPS) is 17.4. The molecule has 212 valence electrons. The average Bonchev–Trinajstić information content (AvgIpc) is 3.30. The zero-order valence-corrected chi connectivity index (χ0v) is 25.2. The lowest BCUT2D eigenvalue weighted by atomic mass is 10.1. The van der Waals surface area contributed by atoms with Gasteiger partial charge in [0.2, 0.25) is 0 Å². The Kier molecular flexibility index (Phi) is 9.43. The van der Waals surface area contributed by atoms with Gasteiger partial charge in [0.1, 0.15) is 6.61 Å². The summed E-state index contributed by atoms with van der Waals surface area (Å²) in [6.07, 6.45) is 1.83. The summed E-state index contributed by atoms with van der Waals surface area (Å²) in [6, 6.07) is 20.7. The van der Waals surface area contributed by atoms with Crippen molar-refractivity contribution >= 4 is 56.4 Å². The molecule has 0 bridgehead atoms. The number of aliphatic imine (C=N–C) groups is 1. The van der Waals surface area contributed by atoms with Crippen molar-refractivity contribution in [1.82, 2.24) is 9.80 Å². The molecule has 0 radical (unpaired) electrons. The Morgan fingerprint density at radius 2 is 1.85 bits per heavy atom. The first kappa shape index (κ1) is 28.9. The predicted molar refractivity (Wildman–Crippen MR) is 165 cm³/mol. The van der Waals surface area contributed by atoms with Crippen LogP contribution in [0.2, 0.25) is 0 Å². The minimum absolute atomic E-state index is 0.0448. The third kappa shape index (κ3) is 7.01. The number of likely N-dealkylation sites (N-methyl/N-ethyl adjacent to an activating group) is 1. The molecule has 0 spiro atoms. The van der Waals surface area contributed by atoms with Crippen LogP contribution in [-0.4, -0.2) is 66.7 Å². The first-order valence-corrected chi connectivity index (χ1v) is 14.9. The number of benzene rings is 3. The highest BCUT2D eigenvalue weighted by Gasteiger charge is 2.32. The lowest BCUT2D eigenvalue weighted by molar-refractivity contribution is -0.122. The van der Waals surface area contributed by atoms with E-state index in [0.717, 1.165) is 15.6 Å². The van der Waals surface area contributed by atoms with E-state index in [-0.39, 0.29) is 11.8 Å². The molecule has 2 aliphatic rings. The quantitative estimate of drug-likeness (QED) is 0.277. The van der Waals surface area contributed by atoms with Crippen LogP contribution in [0.3, 0.4) is 0 Å². The lowest BCUT2D eigenvalue weighted by Gasteiger charge is -2.26. The largest absolute Gasteiger partial charge is 0.493 e. The van der Waals surface area contributed by atoms with Gasteiger partial charge in [-0.3, -0.25) is 14.5 Å². The fourth-order valence-electron chi connectivity index (χ4n) is 4.42. The zero-order chi connectivity index (χ0) is 28.8. The number of carbonyl (C=O) groups is 2. The molecule has 41 heavy (non-hydrogen) atoms. The van der Waals surface area contributed by atoms with Crippen LogP contribution in [0.15, 0.2) is 81.1 Å². The minimum atomic E-state index is -0.119. The number of thioether (sulfide) groups is 1. The summed E-state index contributed by atoms with van der Waals surface area (Å²) in [7, 11) is 1.59. The number of amides is 2. The monoisotopic (exact) mass is 635 g/mol. The third-order valence-electron chi connectivity index (χ3n) is 6.61. The van der Waals surface area contributed by atoms with Crippen molar-refractivity contribution < 1.29 is 23.8 Å². The fourth-order valence-corrected chi connectivity index (χ4v) is 5.75. The van der Waals surface area contributed by atoms with E-state index in [1.807, 2.05) is 67.6 Å². The minimum Gasteiger partial charge on any atom is -0.493 e. The zero-order valence-electron chi connectivity index (χ0n) is 22.8. The van der Waals surface area contributed by atoms with Gasteiger partial charge in [0.25, 0.3) is 11.8 Å². The number of rotatable bonds is 8. The summed E-state index contributed by atoms with van der Waals surface area (Å²) in [6.45, 7) is 5.02. The average molecular weight is 637 g/mol. The van der Waals surface area contributed by atoms with Crippen molar-refractivity contribution in [3.8, 4) is 11.5 Å². The van der Waals surface area contributed by atoms with Crippen LogP contribution in [-0.2, 0) is 16.1 Å². The first-order chi connectivity index (χ1) is 19.9. The molecule has 0 N–H and O–H groups in total. The number of hydrogen-bond acceptors (Lipinski definition) is 7. The highest BCUT2D eigenvalue weighted by Crippen LogP contribution is 2.36. The fraction of sp³-hybridized carbons (Fsp3) is 0.258. The Bertz CT molecular complexity index is 1490. The highest BCUT2D eigenvalue weighted by molar-refractivity contribution is 9.10. The van der Waals surface area contributed by atoms with E-state index in [2.05, 4.69) is 15.9 Å². The van der Waals surface area contributed by atoms with Crippen LogP contribution in [0.25, 0.3) is 6.08 Å². The molecule has 3 aromatic rings. The van der Waals surface area contributed by atoms with Gasteiger partial charge in [-0.05, 0) is 78.4 Å². The standard InChI is InChI=1S/C31H30BrN3O5S/c1-3-35-30(37)28(18-22-9-12-26(27(17-22)38-2)40-20-21-7-10-24(32)11-8-21)41-31(35)33-25-6-4-5-23(19-25)29(36)34-13-15-39-16-14-34/h4-12,17-19H,3,13-16,20H2,1-2H3/b28-18+,33-31?. The first-order valence-electron chi connectivity index (χ1n) is 13.3. The van der Waals surface area contributed by atoms with Gasteiger partial charge in [-0.15, -0.1) is 0 Å². The van der Waals surface area contributed by atoms with Gasteiger partial charge >= 0.3 is 0 Å². The highest BCUT2D eigenvalue weighted by atomic mass is 79.9. The molecule has 8 nitrogen and oxygen atoms in total. The van der Waals surface area contributed by atoms with E-state index in [0.29, 0.717) is 72.3 Å². The second-order valence-corrected chi connectivity index (χ2v) is 11.3. The molecule has 10 heteroatoms. The van der Waals surface area contributed by atoms with E-state index >= 15 is 0 Å². The summed E-state index contributed by atoms with van der Waals surface area (Å²) in [5, 5.41) is 0.570. The molecule has 0 atom stereocenters. The Balaban J connectivity index is 1.33.